The molecule has 0 bridgehead atoms. The Hall–Kier alpha value is -3.67. The van der Waals surface area contributed by atoms with Crippen LogP contribution in [0.5, 0.6) is 0 Å². The van der Waals surface area contributed by atoms with Gasteiger partial charge in [-0.15, -0.1) is 0 Å². The number of carboxylic acids is 1. The van der Waals surface area contributed by atoms with Gasteiger partial charge in [0.2, 0.25) is 5.91 Å². The second-order valence-corrected chi connectivity index (χ2v) is 18.1. The molecule has 2 N–H and O–H groups in total. The Morgan fingerprint density at radius 1 is 0.800 bits per heavy atom. The van der Waals surface area contributed by atoms with Crippen LogP contribution >= 0.6 is 0 Å². The van der Waals surface area contributed by atoms with Crippen LogP contribution in [0, 0.1) is 45.3 Å². The van der Waals surface area contributed by atoms with Gasteiger partial charge < -0.3 is 10.4 Å². The SMILES string of the molecule is CC1(C)C(c2ccc(C(=O)O)cc2)=CC[C@@]2(C)C1CC[C@]1(C)C2CC[C@@H]2C3CCC[C@]3(NC(=O)Cn3cc(-c4ccccc4)cn3)CC[C@]21C. The zero-order valence-corrected chi connectivity index (χ0v) is 30.7. The molecule has 5 aliphatic carbocycles. The Morgan fingerprint density at radius 3 is 2.30 bits per heavy atom. The van der Waals surface area contributed by atoms with Crippen molar-refractivity contribution in [1.82, 2.24) is 15.1 Å². The summed E-state index contributed by atoms with van der Waals surface area (Å²) in [5, 5.41) is 17.7. The fourth-order valence-electron chi connectivity index (χ4n) is 13.4. The van der Waals surface area contributed by atoms with Crippen LogP contribution in [0.15, 0.2) is 73.1 Å². The minimum atomic E-state index is -0.872. The van der Waals surface area contributed by atoms with Crippen LogP contribution in [-0.4, -0.2) is 32.3 Å². The van der Waals surface area contributed by atoms with E-state index in [1.807, 2.05) is 42.7 Å². The van der Waals surface area contributed by atoms with E-state index in [1.165, 1.54) is 56.1 Å². The first-order valence-electron chi connectivity index (χ1n) is 19.2. The molecule has 0 radical (unpaired) electrons. The molecule has 3 aromatic rings. The van der Waals surface area contributed by atoms with Gasteiger partial charge in [0.05, 0.1) is 11.8 Å². The van der Waals surface area contributed by atoms with Crippen molar-refractivity contribution in [1.29, 1.82) is 0 Å². The second-order valence-electron chi connectivity index (χ2n) is 18.1. The lowest BCUT2D eigenvalue weighted by Crippen LogP contribution is -2.67. The Balaban J connectivity index is 1.02. The van der Waals surface area contributed by atoms with Crippen LogP contribution in [-0.2, 0) is 11.3 Å². The van der Waals surface area contributed by atoms with E-state index >= 15 is 0 Å². The van der Waals surface area contributed by atoms with Gasteiger partial charge in [-0.2, -0.15) is 5.10 Å². The summed E-state index contributed by atoms with van der Waals surface area (Å²) in [6.45, 7) is 13.1. The van der Waals surface area contributed by atoms with Crippen LogP contribution in [0.4, 0.5) is 0 Å². The van der Waals surface area contributed by atoms with Gasteiger partial charge in [0.15, 0.2) is 0 Å². The van der Waals surface area contributed by atoms with Crippen molar-refractivity contribution in [2.75, 3.05) is 0 Å². The predicted octanol–water partition coefficient (Wildman–Crippen LogP) is 9.67. The summed E-state index contributed by atoms with van der Waals surface area (Å²) in [6, 6.07) is 17.8. The molecule has 4 saturated carbocycles. The number of hydrogen-bond acceptors (Lipinski definition) is 3. The Kier molecular flexibility index (Phi) is 7.82. The van der Waals surface area contributed by atoms with Crippen molar-refractivity contribution in [3.05, 3.63) is 84.2 Å². The minimum Gasteiger partial charge on any atom is -0.478 e. The van der Waals surface area contributed by atoms with Gasteiger partial charge in [0, 0.05) is 17.3 Å². The average molecular weight is 674 g/mol. The van der Waals surface area contributed by atoms with Crippen molar-refractivity contribution in [3.8, 4) is 11.1 Å². The molecule has 6 heteroatoms. The fourth-order valence-corrected chi connectivity index (χ4v) is 13.4. The first kappa shape index (κ1) is 33.5. The number of allylic oxidation sites excluding steroid dienone is 2. The molecule has 4 fully saturated rings. The average Bonchev–Trinajstić information content (AvgIpc) is 3.73. The van der Waals surface area contributed by atoms with Gasteiger partial charge in [-0.25, -0.2) is 4.79 Å². The largest absolute Gasteiger partial charge is 0.478 e. The maximum atomic E-state index is 13.7. The minimum absolute atomic E-state index is 0.00467. The Labute approximate surface area is 298 Å². The molecule has 3 unspecified atom stereocenters. The third-order valence-corrected chi connectivity index (χ3v) is 15.8. The number of rotatable bonds is 6. The van der Waals surface area contributed by atoms with Gasteiger partial charge in [-0.1, -0.05) is 89.6 Å². The number of benzene rings is 2. The van der Waals surface area contributed by atoms with E-state index in [9.17, 15) is 14.7 Å². The molecule has 1 amide bonds. The molecule has 1 heterocycles. The van der Waals surface area contributed by atoms with Crippen LogP contribution in [0.2, 0.25) is 0 Å². The summed E-state index contributed by atoms with van der Waals surface area (Å²) in [6.07, 6.45) is 18.3. The summed E-state index contributed by atoms with van der Waals surface area (Å²) in [7, 11) is 0. The molecule has 0 aliphatic heterocycles. The number of nitrogens with zero attached hydrogens (tertiary/aromatic N) is 2. The standard InChI is InChI=1S/C44H55N3O3/c1-40(2)33(30-13-15-31(16-14-30)39(49)50)19-22-41(3)36(40)20-23-43(5)37(41)18-17-34-35-12-9-21-44(35,25-24-42(34,43)4)46-38(48)28-47-27-32(26-45-47)29-10-7-6-8-11-29/h6-8,10-11,13-16,19,26-27,34-37H,9,12,17-18,20-25,28H2,1-5H3,(H,46,48)(H,49,50)/t34-,35?,36?,37?,41+,42-,43-,44+/m1/s1. The molecule has 0 saturated heterocycles. The van der Waals surface area contributed by atoms with Gasteiger partial charge >= 0.3 is 5.97 Å². The highest BCUT2D eigenvalue weighted by Crippen LogP contribution is 2.76. The van der Waals surface area contributed by atoms with Crippen molar-refractivity contribution < 1.29 is 14.7 Å². The van der Waals surface area contributed by atoms with E-state index in [0.717, 1.165) is 30.4 Å². The zero-order valence-electron chi connectivity index (χ0n) is 30.7. The maximum Gasteiger partial charge on any atom is 0.335 e. The number of fused-ring (bicyclic) bond motifs is 7. The molecular weight excluding hydrogens is 619 g/mol. The molecule has 0 spiro atoms. The number of hydrogen-bond donors (Lipinski definition) is 2. The van der Waals surface area contributed by atoms with Crippen molar-refractivity contribution in [2.45, 2.75) is 111 Å². The summed E-state index contributed by atoms with van der Waals surface area (Å²) < 4.78 is 1.80. The van der Waals surface area contributed by atoms with Crippen LogP contribution < -0.4 is 5.32 Å². The van der Waals surface area contributed by atoms with E-state index in [2.05, 4.69) is 63.2 Å². The molecule has 8 atom stereocenters. The highest BCUT2D eigenvalue weighted by Gasteiger charge is 2.69. The van der Waals surface area contributed by atoms with Gasteiger partial charge in [0.1, 0.15) is 6.54 Å². The number of aromatic carboxylic acids is 1. The van der Waals surface area contributed by atoms with E-state index in [1.54, 1.807) is 16.8 Å². The molecule has 8 rings (SSSR count). The lowest BCUT2D eigenvalue weighted by molar-refractivity contribution is -0.217. The number of carboxylic acid groups (broad SMARTS) is 1. The topological polar surface area (TPSA) is 84.2 Å². The first-order chi connectivity index (χ1) is 23.8. The number of carbonyl (C=O) groups is 2. The highest BCUT2D eigenvalue weighted by molar-refractivity contribution is 5.88. The molecule has 1 aromatic heterocycles. The summed E-state index contributed by atoms with van der Waals surface area (Å²) in [5.74, 6) is 1.62. The summed E-state index contributed by atoms with van der Waals surface area (Å²) in [4.78, 5) is 25.3. The quantitative estimate of drug-likeness (QED) is 0.273. The number of aromatic nitrogens is 2. The molecule has 6 nitrogen and oxygen atoms in total. The Morgan fingerprint density at radius 2 is 1.56 bits per heavy atom. The smallest absolute Gasteiger partial charge is 0.335 e. The van der Waals surface area contributed by atoms with Crippen LogP contribution in [0.3, 0.4) is 0 Å². The van der Waals surface area contributed by atoms with E-state index in [-0.39, 0.29) is 39.7 Å². The first-order valence-corrected chi connectivity index (χ1v) is 19.2. The molecule has 264 valence electrons. The lowest BCUT2D eigenvalue weighted by atomic mass is 9.33. The summed E-state index contributed by atoms with van der Waals surface area (Å²) >= 11 is 0. The van der Waals surface area contributed by atoms with E-state index in [4.69, 9.17) is 0 Å². The number of amides is 1. The van der Waals surface area contributed by atoms with Crippen molar-refractivity contribution >= 4 is 17.4 Å². The molecular formula is C44H55N3O3. The summed E-state index contributed by atoms with van der Waals surface area (Å²) in [5.41, 5.74) is 5.70. The zero-order chi connectivity index (χ0) is 35.1. The van der Waals surface area contributed by atoms with Crippen molar-refractivity contribution in [2.24, 2.45) is 45.3 Å². The van der Waals surface area contributed by atoms with Gasteiger partial charge in [-0.3, -0.25) is 9.48 Å². The maximum absolute atomic E-state index is 13.7. The van der Waals surface area contributed by atoms with Crippen molar-refractivity contribution in [3.63, 3.8) is 0 Å². The second kappa shape index (κ2) is 11.7. The molecule has 5 aliphatic rings. The highest BCUT2D eigenvalue weighted by atomic mass is 16.4. The van der Waals surface area contributed by atoms with E-state index < -0.39 is 5.97 Å². The van der Waals surface area contributed by atoms with Gasteiger partial charge in [0.25, 0.3) is 0 Å². The number of nitrogens with one attached hydrogen (secondary N) is 1. The molecule has 2 aromatic carbocycles. The molecule has 50 heavy (non-hydrogen) atoms. The lowest BCUT2D eigenvalue weighted by Gasteiger charge is -2.72. The monoisotopic (exact) mass is 673 g/mol. The number of carbonyl (C=O) groups excluding carboxylic acids is 1. The normalized spacial score (nSPS) is 37.0. The third kappa shape index (κ3) is 4.90. The third-order valence-electron chi connectivity index (χ3n) is 15.8. The Bertz CT molecular complexity index is 1830. The van der Waals surface area contributed by atoms with Crippen LogP contribution in [0.25, 0.3) is 16.7 Å². The predicted molar refractivity (Wildman–Crippen MR) is 198 cm³/mol. The fraction of sp³-hybridized carbons (Fsp3) is 0.568. The van der Waals surface area contributed by atoms with Gasteiger partial charge in [-0.05, 0) is 132 Å². The van der Waals surface area contributed by atoms with Crippen LogP contribution in [0.1, 0.15) is 115 Å². The van der Waals surface area contributed by atoms with E-state index in [0.29, 0.717) is 29.2 Å².